The zero-order valence-corrected chi connectivity index (χ0v) is 15.0. The topological polar surface area (TPSA) is 46.5 Å². The predicted octanol–water partition coefficient (Wildman–Crippen LogP) is 5.08. The lowest BCUT2D eigenvalue weighted by Gasteiger charge is -2.23. The molecule has 0 bridgehead atoms. The molecule has 1 N–H and O–H groups in total. The monoisotopic (exact) mass is 386 g/mol. The van der Waals surface area contributed by atoms with Gasteiger partial charge >= 0.3 is 0 Å². The number of halogens is 1. The van der Waals surface area contributed by atoms with Gasteiger partial charge in [-0.1, -0.05) is 30.3 Å². The summed E-state index contributed by atoms with van der Waals surface area (Å²) in [7, 11) is 1.51. The standard InChI is InChI=1S/C20H19BrO3/c1-24-18-12-13(11-17(21)20(18)23)10-15-8-5-9-16(19(15)22)14-6-3-2-4-7-14/h2-4,6-7,10-12,16,23H,5,8-9H2,1H3/b15-10+/t16-/m1/s1. The van der Waals surface area contributed by atoms with Gasteiger partial charge in [-0.05, 0) is 70.1 Å². The molecule has 2 aromatic carbocycles. The van der Waals surface area contributed by atoms with E-state index in [1.54, 1.807) is 12.1 Å². The molecule has 2 aromatic rings. The SMILES string of the molecule is COc1cc(/C=C2\CCC[C@H](c3ccccc3)C2=O)cc(Br)c1O. The van der Waals surface area contributed by atoms with Gasteiger partial charge in [-0.15, -0.1) is 0 Å². The van der Waals surface area contributed by atoms with Crippen LogP contribution in [0.5, 0.6) is 11.5 Å². The van der Waals surface area contributed by atoms with Gasteiger partial charge in [-0.25, -0.2) is 0 Å². The fraction of sp³-hybridized carbons (Fsp3) is 0.250. The van der Waals surface area contributed by atoms with Crippen molar-refractivity contribution in [1.29, 1.82) is 0 Å². The summed E-state index contributed by atoms with van der Waals surface area (Å²) < 4.78 is 5.73. The zero-order chi connectivity index (χ0) is 17.1. The van der Waals surface area contributed by atoms with E-state index in [1.807, 2.05) is 36.4 Å². The first-order chi connectivity index (χ1) is 11.6. The highest BCUT2D eigenvalue weighted by atomic mass is 79.9. The molecule has 1 aliphatic rings. The Morgan fingerprint density at radius 2 is 2.00 bits per heavy atom. The number of phenols is 1. The molecule has 0 aliphatic heterocycles. The average Bonchev–Trinajstić information content (AvgIpc) is 2.60. The molecule has 4 heteroatoms. The molecule has 3 nitrogen and oxygen atoms in total. The average molecular weight is 387 g/mol. The summed E-state index contributed by atoms with van der Waals surface area (Å²) in [5.41, 5.74) is 2.75. The van der Waals surface area contributed by atoms with E-state index in [4.69, 9.17) is 4.74 Å². The summed E-state index contributed by atoms with van der Waals surface area (Å²) >= 11 is 3.32. The Labute approximate surface area is 150 Å². The van der Waals surface area contributed by atoms with Crippen LogP contribution in [0.25, 0.3) is 6.08 Å². The number of rotatable bonds is 3. The van der Waals surface area contributed by atoms with Crippen molar-refractivity contribution in [2.75, 3.05) is 7.11 Å². The molecule has 124 valence electrons. The Morgan fingerprint density at radius 3 is 2.71 bits per heavy atom. The van der Waals surface area contributed by atoms with Gasteiger partial charge in [0, 0.05) is 5.92 Å². The lowest BCUT2D eigenvalue weighted by molar-refractivity contribution is -0.117. The third kappa shape index (κ3) is 3.39. The van der Waals surface area contributed by atoms with Crippen LogP contribution in [0.2, 0.25) is 0 Å². The van der Waals surface area contributed by atoms with Crippen molar-refractivity contribution < 1.29 is 14.6 Å². The molecule has 0 heterocycles. The highest BCUT2D eigenvalue weighted by molar-refractivity contribution is 9.10. The number of carbonyl (C=O) groups excluding carboxylic acids is 1. The van der Waals surface area contributed by atoms with Crippen LogP contribution in [0.15, 0.2) is 52.5 Å². The minimum Gasteiger partial charge on any atom is -0.503 e. The highest BCUT2D eigenvalue weighted by Gasteiger charge is 2.27. The van der Waals surface area contributed by atoms with E-state index < -0.39 is 0 Å². The van der Waals surface area contributed by atoms with Gasteiger partial charge < -0.3 is 9.84 Å². The third-order valence-corrected chi connectivity index (χ3v) is 4.99. The van der Waals surface area contributed by atoms with Crippen molar-refractivity contribution in [1.82, 2.24) is 0 Å². The summed E-state index contributed by atoms with van der Waals surface area (Å²) in [6.07, 6.45) is 4.57. The summed E-state index contributed by atoms with van der Waals surface area (Å²) in [5.74, 6) is 0.583. The van der Waals surface area contributed by atoms with E-state index in [1.165, 1.54) is 7.11 Å². The number of aromatic hydroxyl groups is 1. The van der Waals surface area contributed by atoms with E-state index in [9.17, 15) is 9.90 Å². The van der Waals surface area contributed by atoms with Crippen LogP contribution in [0.1, 0.15) is 36.3 Å². The Balaban J connectivity index is 1.93. The number of benzene rings is 2. The minimum absolute atomic E-state index is 0.0614. The van der Waals surface area contributed by atoms with Crippen LogP contribution in [-0.4, -0.2) is 18.0 Å². The molecule has 1 aliphatic carbocycles. The molecule has 3 rings (SSSR count). The Morgan fingerprint density at radius 1 is 1.25 bits per heavy atom. The second-order valence-corrected chi connectivity index (χ2v) is 6.80. The molecule has 1 saturated carbocycles. The van der Waals surface area contributed by atoms with Crippen molar-refractivity contribution in [3.05, 3.63) is 63.6 Å². The first-order valence-electron chi connectivity index (χ1n) is 7.96. The largest absolute Gasteiger partial charge is 0.503 e. The van der Waals surface area contributed by atoms with Gasteiger partial charge in [0.25, 0.3) is 0 Å². The normalized spacial score (nSPS) is 19.5. The number of hydrogen-bond donors (Lipinski definition) is 1. The third-order valence-electron chi connectivity index (χ3n) is 4.39. The zero-order valence-electron chi connectivity index (χ0n) is 13.5. The number of ketones is 1. The first kappa shape index (κ1) is 16.8. The van der Waals surface area contributed by atoms with E-state index >= 15 is 0 Å². The second kappa shape index (κ2) is 7.22. The number of carbonyl (C=O) groups is 1. The summed E-state index contributed by atoms with van der Waals surface area (Å²) in [6.45, 7) is 0. The van der Waals surface area contributed by atoms with E-state index in [0.29, 0.717) is 10.2 Å². The Bertz CT molecular complexity index is 781. The molecule has 1 atom stereocenters. The van der Waals surface area contributed by atoms with Gasteiger partial charge in [-0.3, -0.25) is 4.79 Å². The van der Waals surface area contributed by atoms with Gasteiger partial charge in [0.1, 0.15) is 0 Å². The minimum atomic E-state index is -0.0614. The maximum atomic E-state index is 12.9. The molecule has 24 heavy (non-hydrogen) atoms. The van der Waals surface area contributed by atoms with Crippen LogP contribution >= 0.6 is 15.9 Å². The van der Waals surface area contributed by atoms with Gasteiger partial charge in [0.05, 0.1) is 11.6 Å². The molecule has 0 amide bonds. The van der Waals surface area contributed by atoms with Crippen LogP contribution in [-0.2, 0) is 4.79 Å². The molecule has 0 saturated heterocycles. The summed E-state index contributed by atoms with van der Waals surface area (Å²) in [6, 6.07) is 13.5. The maximum Gasteiger partial charge on any atom is 0.172 e. The van der Waals surface area contributed by atoms with Crippen molar-refractivity contribution in [2.45, 2.75) is 25.2 Å². The second-order valence-electron chi connectivity index (χ2n) is 5.94. The molecule has 0 spiro atoms. The fourth-order valence-electron chi connectivity index (χ4n) is 3.16. The quantitative estimate of drug-likeness (QED) is 0.747. The van der Waals surface area contributed by atoms with Gasteiger partial charge in [-0.2, -0.15) is 0 Å². The summed E-state index contributed by atoms with van der Waals surface area (Å²) in [5, 5.41) is 9.91. The Hall–Kier alpha value is -2.07. The van der Waals surface area contributed by atoms with Crippen LogP contribution in [0.3, 0.4) is 0 Å². The molecule has 0 radical (unpaired) electrons. The predicted molar refractivity (Wildman–Crippen MR) is 98.4 cm³/mol. The van der Waals surface area contributed by atoms with Gasteiger partial charge in [0.15, 0.2) is 17.3 Å². The Kier molecular flexibility index (Phi) is 5.05. The molecule has 1 fully saturated rings. The number of phenolic OH excluding ortho intramolecular Hbond substituents is 1. The highest BCUT2D eigenvalue weighted by Crippen LogP contribution is 2.38. The number of ether oxygens (including phenoxy) is 1. The van der Waals surface area contributed by atoms with Crippen LogP contribution < -0.4 is 4.74 Å². The molecular formula is C20H19BrO3. The molecule has 0 aromatic heterocycles. The lowest BCUT2D eigenvalue weighted by atomic mass is 9.79. The summed E-state index contributed by atoms with van der Waals surface area (Å²) in [4.78, 5) is 12.9. The van der Waals surface area contributed by atoms with Gasteiger partial charge in [0.2, 0.25) is 0 Å². The number of methoxy groups -OCH3 is 1. The molecular weight excluding hydrogens is 368 g/mol. The fourth-order valence-corrected chi connectivity index (χ4v) is 3.62. The molecule has 0 unspecified atom stereocenters. The van der Waals surface area contributed by atoms with E-state index in [2.05, 4.69) is 15.9 Å². The smallest absolute Gasteiger partial charge is 0.172 e. The maximum absolute atomic E-state index is 12.9. The van der Waals surface area contributed by atoms with Crippen LogP contribution in [0.4, 0.5) is 0 Å². The number of allylic oxidation sites excluding steroid dienone is 1. The van der Waals surface area contributed by atoms with E-state index in [0.717, 1.165) is 36.0 Å². The van der Waals surface area contributed by atoms with E-state index in [-0.39, 0.29) is 17.5 Å². The lowest BCUT2D eigenvalue weighted by Crippen LogP contribution is -2.19. The van der Waals surface area contributed by atoms with Crippen LogP contribution in [0, 0.1) is 0 Å². The van der Waals surface area contributed by atoms with Crippen molar-refractivity contribution in [3.8, 4) is 11.5 Å². The van der Waals surface area contributed by atoms with Crippen molar-refractivity contribution in [3.63, 3.8) is 0 Å². The van der Waals surface area contributed by atoms with Crippen molar-refractivity contribution >= 4 is 27.8 Å². The number of Topliss-reactive ketones (excluding diaryl/α,β-unsaturated/α-hetero) is 1. The number of hydrogen-bond acceptors (Lipinski definition) is 3. The first-order valence-corrected chi connectivity index (χ1v) is 8.75. The van der Waals surface area contributed by atoms with Crippen molar-refractivity contribution in [2.24, 2.45) is 0 Å².